The highest BCUT2D eigenvalue weighted by Gasteiger charge is 2.11. The van der Waals surface area contributed by atoms with Gasteiger partial charge in [-0.2, -0.15) is 0 Å². The Labute approximate surface area is 158 Å². The van der Waals surface area contributed by atoms with Crippen LogP contribution >= 0.6 is 0 Å². The Morgan fingerprint density at radius 1 is 1.04 bits per heavy atom. The van der Waals surface area contributed by atoms with E-state index in [1.54, 1.807) is 13.4 Å². The lowest BCUT2D eigenvalue weighted by molar-refractivity contribution is 0.413. The molecule has 27 heavy (non-hydrogen) atoms. The second kappa shape index (κ2) is 7.45. The molecular formula is C21H21N5O. The van der Waals surface area contributed by atoms with E-state index in [0.717, 1.165) is 41.4 Å². The summed E-state index contributed by atoms with van der Waals surface area (Å²) in [6.07, 6.45) is 6.65. The van der Waals surface area contributed by atoms with Crippen molar-refractivity contribution in [1.82, 2.24) is 24.5 Å². The van der Waals surface area contributed by atoms with Crippen molar-refractivity contribution in [3.05, 3.63) is 78.5 Å². The molecule has 6 nitrogen and oxygen atoms in total. The molecule has 0 amide bonds. The van der Waals surface area contributed by atoms with E-state index in [1.807, 2.05) is 52.8 Å². The predicted molar refractivity (Wildman–Crippen MR) is 104 cm³/mol. The van der Waals surface area contributed by atoms with Crippen molar-refractivity contribution in [3.8, 4) is 22.7 Å². The molecule has 2 aromatic carbocycles. The summed E-state index contributed by atoms with van der Waals surface area (Å²) in [5, 5.41) is 8.58. The van der Waals surface area contributed by atoms with Crippen molar-refractivity contribution in [2.75, 3.05) is 7.11 Å². The molecule has 0 saturated heterocycles. The van der Waals surface area contributed by atoms with Crippen molar-refractivity contribution in [1.29, 1.82) is 0 Å². The zero-order valence-corrected chi connectivity index (χ0v) is 15.4. The summed E-state index contributed by atoms with van der Waals surface area (Å²) in [7, 11) is 1.67. The second-order valence-electron chi connectivity index (χ2n) is 6.41. The molecule has 0 fully saturated rings. The maximum absolute atomic E-state index is 5.58. The minimum absolute atomic E-state index is 0.767. The molecule has 0 atom stereocenters. The van der Waals surface area contributed by atoms with Crippen molar-refractivity contribution in [2.24, 2.45) is 0 Å². The molecule has 4 aromatic rings. The third-order valence-corrected chi connectivity index (χ3v) is 4.48. The van der Waals surface area contributed by atoms with E-state index < -0.39 is 0 Å². The van der Waals surface area contributed by atoms with Gasteiger partial charge >= 0.3 is 0 Å². The molecule has 0 saturated carbocycles. The van der Waals surface area contributed by atoms with Crippen LogP contribution in [0.15, 0.2) is 67.3 Å². The lowest BCUT2D eigenvalue weighted by Crippen LogP contribution is -2.01. The summed E-state index contributed by atoms with van der Waals surface area (Å²) >= 11 is 0. The number of aryl methyl sites for hydroxylation is 3. The van der Waals surface area contributed by atoms with Gasteiger partial charge in [-0.1, -0.05) is 41.6 Å². The van der Waals surface area contributed by atoms with E-state index in [-0.39, 0.29) is 0 Å². The van der Waals surface area contributed by atoms with Crippen LogP contribution < -0.4 is 4.74 Å². The first-order valence-electron chi connectivity index (χ1n) is 8.86. The van der Waals surface area contributed by atoms with Gasteiger partial charge in [0.05, 0.1) is 31.0 Å². The molecule has 0 aliphatic heterocycles. The SMILES string of the molecule is COc1cc(-c2cn(CCc3ccccc3)nn2)ccc1-n1cnc(C)c1. The molecule has 4 rings (SSSR count). The maximum Gasteiger partial charge on any atom is 0.143 e. The maximum atomic E-state index is 5.58. The molecule has 0 aliphatic rings. The number of methoxy groups -OCH3 is 1. The average Bonchev–Trinajstić information content (AvgIpc) is 3.36. The zero-order valence-electron chi connectivity index (χ0n) is 15.4. The van der Waals surface area contributed by atoms with Gasteiger partial charge in [0.25, 0.3) is 0 Å². The van der Waals surface area contributed by atoms with E-state index in [4.69, 9.17) is 4.74 Å². The van der Waals surface area contributed by atoms with Gasteiger partial charge in [-0.05, 0) is 31.0 Å². The van der Waals surface area contributed by atoms with Crippen LogP contribution in [0.3, 0.4) is 0 Å². The molecule has 0 bridgehead atoms. The number of aromatic nitrogens is 5. The number of hydrogen-bond donors (Lipinski definition) is 0. The molecule has 0 N–H and O–H groups in total. The lowest BCUT2D eigenvalue weighted by Gasteiger charge is -2.10. The third kappa shape index (κ3) is 3.74. The van der Waals surface area contributed by atoms with Gasteiger partial charge < -0.3 is 9.30 Å². The van der Waals surface area contributed by atoms with Crippen LogP contribution in [-0.4, -0.2) is 31.7 Å². The molecule has 2 aromatic heterocycles. The first-order chi connectivity index (χ1) is 13.2. The van der Waals surface area contributed by atoms with Crippen LogP contribution in [0, 0.1) is 6.92 Å². The van der Waals surface area contributed by atoms with E-state index in [9.17, 15) is 0 Å². The Balaban J connectivity index is 1.54. The van der Waals surface area contributed by atoms with Crippen molar-refractivity contribution < 1.29 is 4.74 Å². The van der Waals surface area contributed by atoms with Gasteiger partial charge in [-0.3, -0.25) is 4.68 Å². The molecule has 0 spiro atoms. The highest BCUT2D eigenvalue weighted by atomic mass is 16.5. The van der Waals surface area contributed by atoms with Gasteiger partial charge in [-0.25, -0.2) is 4.98 Å². The zero-order chi connectivity index (χ0) is 18.6. The van der Waals surface area contributed by atoms with Crippen LogP contribution in [0.4, 0.5) is 0 Å². The minimum atomic E-state index is 0.767. The smallest absolute Gasteiger partial charge is 0.143 e. The largest absolute Gasteiger partial charge is 0.495 e. The number of hydrogen-bond acceptors (Lipinski definition) is 4. The Morgan fingerprint density at radius 3 is 2.63 bits per heavy atom. The Hall–Kier alpha value is -3.41. The van der Waals surface area contributed by atoms with Gasteiger partial charge in [0.2, 0.25) is 0 Å². The standard InChI is InChI=1S/C21H21N5O/c1-16-13-25(15-22-16)20-9-8-18(12-21(20)27-2)19-14-26(24-23-19)11-10-17-6-4-3-5-7-17/h3-9,12-15H,10-11H2,1-2H3. The molecular weight excluding hydrogens is 338 g/mol. The van der Waals surface area contributed by atoms with Crippen LogP contribution in [0.1, 0.15) is 11.3 Å². The molecule has 136 valence electrons. The molecule has 0 aliphatic carbocycles. The monoisotopic (exact) mass is 359 g/mol. The fraction of sp³-hybridized carbons (Fsp3) is 0.190. The van der Waals surface area contributed by atoms with Crippen LogP contribution in [0.2, 0.25) is 0 Å². The third-order valence-electron chi connectivity index (χ3n) is 4.48. The van der Waals surface area contributed by atoms with Crippen molar-refractivity contribution in [2.45, 2.75) is 19.9 Å². The fourth-order valence-electron chi connectivity index (χ4n) is 3.03. The number of benzene rings is 2. The van der Waals surface area contributed by atoms with Gasteiger partial charge in [0.1, 0.15) is 11.4 Å². The summed E-state index contributed by atoms with van der Waals surface area (Å²) < 4.78 is 9.41. The fourth-order valence-corrected chi connectivity index (χ4v) is 3.03. The van der Waals surface area contributed by atoms with E-state index in [0.29, 0.717) is 0 Å². The number of rotatable bonds is 6. The number of imidazole rings is 1. The first-order valence-corrected chi connectivity index (χ1v) is 8.86. The van der Waals surface area contributed by atoms with Crippen molar-refractivity contribution >= 4 is 0 Å². The average molecular weight is 359 g/mol. The van der Waals surface area contributed by atoms with E-state index >= 15 is 0 Å². The van der Waals surface area contributed by atoms with Gasteiger partial charge in [0.15, 0.2) is 0 Å². The van der Waals surface area contributed by atoms with Gasteiger partial charge in [-0.15, -0.1) is 5.10 Å². The van der Waals surface area contributed by atoms with Crippen LogP contribution in [-0.2, 0) is 13.0 Å². The lowest BCUT2D eigenvalue weighted by atomic mass is 10.1. The highest BCUT2D eigenvalue weighted by Crippen LogP contribution is 2.28. The molecule has 0 radical (unpaired) electrons. The van der Waals surface area contributed by atoms with Gasteiger partial charge in [0, 0.05) is 18.3 Å². The van der Waals surface area contributed by atoms with Crippen LogP contribution in [0.5, 0.6) is 5.75 Å². The highest BCUT2D eigenvalue weighted by molar-refractivity contribution is 5.64. The summed E-state index contributed by atoms with van der Waals surface area (Å²) in [6, 6.07) is 16.4. The molecule has 6 heteroatoms. The Kier molecular flexibility index (Phi) is 4.70. The Bertz CT molecular complexity index is 1040. The summed E-state index contributed by atoms with van der Waals surface area (Å²) in [4.78, 5) is 4.28. The number of nitrogens with zero attached hydrogens (tertiary/aromatic N) is 5. The molecule has 0 unspecified atom stereocenters. The summed E-state index contributed by atoms with van der Waals surface area (Å²) in [5.41, 5.74) is 4.99. The van der Waals surface area contributed by atoms with E-state index in [2.05, 4.69) is 39.6 Å². The van der Waals surface area contributed by atoms with Crippen LogP contribution in [0.25, 0.3) is 16.9 Å². The van der Waals surface area contributed by atoms with E-state index in [1.165, 1.54) is 5.56 Å². The summed E-state index contributed by atoms with van der Waals surface area (Å²) in [6.45, 7) is 2.76. The van der Waals surface area contributed by atoms with Crippen molar-refractivity contribution in [3.63, 3.8) is 0 Å². The molecule has 2 heterocycles. The predicted octanol–water partition coefficient (Wildman–Crippen LogP) is 3.69. The number of ether oxygens (including phenoxy) is 1. The summed E-state index contributed by atoms with van der Waals surface area (Å²) in [5.74, 6) is 0.767. The first kappa shape index (κ1) is 17.0. The minimum Gasteiger partial charge on any atom is -0.495 e. The normalized spacial score (nSPS) is 10.9. The quantitative estimate of drug-likeness (QED) is 0.527. The second-order valence-corrected chi connectivity index (χ2v) is 6.41. The topological polar surface area (TPSA) is 57.8 Å². The Morgan fingerprint density at radius 2 is 1.89 bits per heavy atom.